The summed E-state index contributed by atoms with van der Waals surface area (Å²) in [5.74, 6) is -3.34. The van der Waals surface area contributed by atoms with E-state index in [1.54, 1.807) is 13.8 Å². The second-order valence-corrected chi connectivity index (χ2v) is 4.11. The van der Waals surface area contributed by atoms with Crippen LogP contribution >= 0.6 is 0 Å². The quantitative estimate of drug-likeness (QED) is 0.725. The second-order valence-electron chi connectivity index (χ2n) is 4.11. The molecular weight excluding hydrogens is 176 g/mol. The standard InChI is InChI=1S/C9H15F2NO/c1-6(2)7(13)12-9(4-5-9)8(3,10)11/h6H,4-5H2,1-3H3,(H,12,13). The lowest BCUT2D eigenvalue weighted by atomic mass is 10.1. The van der Waals surface area contributed by atoms with Gasteiger partial charge < -0.3 is 5.32 Å². The van der Waals surface area contributed by atoms with Crippen LogP contribution in [0.3, 0.4) is 0 Å². The number of hydrogen-bond donors (Lipinski definition) is 1. The summed E-state index contributed by atoms with van der Waals surface area (Å²) < 4.78 is 25.9. The predicted octanol–water partition coefficient (Wildman–Crippen LogP) is 1.95. The van der Waals surface area contributed by atoms with Crippen molar-refractivity contribution >= 4 is 5.91 Å². The van der Waals surface area contributed by atoms with E-state index in [0.717, 1.165) is 6.92 Å². The van der Waals surface area contributed by atoms with Gasteiger partial charge in [0, 0.05) is 12.8 Å². The van der Waals surface area contributed by atoms with E-state index in [-0.39, 0.29) is 11.8 Å². The van der Waals surface area contributed by atoms with Gasteiger partial charge in [0.25, 0.3) is 5.92 Å². The number of amides is 1. The lowest BCUT2D eigenvalue weighted by Gasteiger charge is -2.25. The van der Waals surface area contributed by atoms with Crippen molar-refractivity contribution in [2.75, 3.05) is 0 Å². The molecule has 1 saturated carbocycles. The van der Waals surface area contributed by atoms with Crippen molar-refractivity contribution in [1.29, 1.82) is 0 Å². The first-order valence-electron chi connectivity index (χ1n) is 4.48. The molecule has 4 heteroatoms. The number of rotatable bonds is 3. The van der Waals surface area contributed by atoms with Crippen LogP contribution in [0.5, 0.6) is 0 Å². The minimum absolute atomic E-state index is 0.236. The Hall–Kier alpha value is -0.670. The number of carbonyl (C=O) groups is 1. The third-order valence-corrected chi connectivity index (χ3v) is 2.48. The van der Waals surface area contributed by atoms with E-state index in [4.69, 9.17) is 0 Å². The molecule has 1 amide bonds. The van der Waals surface area contributed by atoms with Gasteiger partial charge in [0.15, 0.2) is 0 Å². The molecule has 1 fully saturated rings. The van der Waals surface area contributed by atoms with Gasteiger partial charge in [-0.05, 0) is 12.8 Å². The van der Waals surface area contributed by atoms with E-state index < -0.39 is 11.5 Å². The molecule has 0 aliphatic heterocycles. The molecule has 0 spiro atoms. The molecule has 2 nitrogen and oxygen atoms in total. The molecule has 0 unspecified atom stereocenters. The van der Waals surface area contributed by atoms with E-state index in [1.165, 1.54) is 0 Å². The van der Waals surface area contributed by atoms with Gasteiger partial charge in [0.1, 0.15) is 5.54 Å². The van der Waals surface area contributed by atoms with Crippen LogP contribution in [0.15, 0.2) is 0 Å². The Morgan fingerprint density at radius 3 is 2.15 bits per heavy atom. The Morgan fingerprint density at radius 2 is 1.92 bits per heavy atom. The van der Waals surface area contributed by atoms with Crippen LogP contribution in [0, 0.1) is 5.92 Å². The number of carbonyl (C=O) groups excluding carboxylic acids is 1. The van der Waals surface area contributed by atoms with Crippen LogP contribution in [-0.2, 0) is 4.79 Å². The monoisotopic (exact) mass is 191 g/mol. The van der Waals surface area contributed by atoms with Crippen molar-refractivity contribution < 1.29 is 13.6 Å². The lowest BCUT2D eigenvalue weighted by molar-refractivity contribution is -0.129. The van der Waals surface area contributed by atoms with Crippen LogP contribution in [0.2, 0.25) is 0 Å². The fraction of sp³-hybridized carbons (Fsp3) is 0.889. The molecule has 0 radical (unpaired) electrons. The summed E-state index contributed by atoms with van der Waals surface area (Å²) >= 11 is 0. The van der Waals surface area contributed by atoms with Crippen LogP contribution in [0.4, 0.5) is 8.78 Å². The molecular formula is C9H15F2NO. The summed E-state index contributed by atoms with van der Waals surface area (Å²) in [6, 6.07) is 0. The molecule has 1 aliphatic carbocycles. The summed E-state index contributed by atoms with van der Waals surface area (Å²) in [4.78, 5) is 11.2. The number of halogens is 2. The molecule has 1 aliphatic rings. The Bertz CT molecular complexity index is 216. The first-order chi connectivity index (χ1) is 5.78. The Labute approximate surface area is 76.7 Å². The van der Waals surface area contributed by atoms with E-state index in [1.807, 2.05) is 0 Å². The molecule has 0 saturated heterocycles. The summed E-state index contributed by atoms with van der Waals surface area (Å²) in [6.45, 7) is 4.25. The Balaban J connectivity index is 2.59. The Morgan fingerprint density at radius 1 is 1.46 bits per heavy atom. The largest absolute Gasteiger partial charge is 0.344 e. The van der Waals surface area contributed by atoms with E-state index in [0.29, 0.717) is 12.8 Å². The van der Waals surface area contributed by atoms with Gasteiger partial charge >= 0.3 is 0 Å². The highest BCUT2D eigenvalue weighted by molar-refractivity contribution is 5.79. The predicted molar refractivity (Wildman–Crippen MR) is 45.6 cm³/mol. The van der Waals surface area contributed by atoms with Gasteiger partial charge in [-0.15, -0.1) is 0 Å². The SMILES string of the molecule is CC(C)C(=O)NC1(C(C)(F)F)CC1. The second kappa shape index (κ2) is 2.93. The third-order valence-electron chi connectivity index (χ3n) is 2.48. The summed E-state index contributed by atoms with van der Waals surface area (Å²) in [5.41, 5.74) is -1.24. The average molecular weight is 191 g/mol. The normalized spacial score (nSPS) is 20.2. The number of nitrogens with one attached hydrogen (secondary N) is 1. The van der Waals surface area contributed by atoms with Crippen molar-refractivity contribution in [3.05, 3.63) is 0 Å². The lowest BCUT2D eigenvalue weighted by Crippen LogP contribution is -2.49. The first kappa shape index (κ1) is 10.4. The molecule has 13 heavy (non-hydrogen) atoms. The fourth-order valence-corrected chi connectivity index (χ4v) is 1.18. The zero-order valence-corrected chi connectivity index (χ0v) is 8.16. The van der Waals surface area contributed by atoms with Crippen molar-refractivity contribution in [3.8, 4) is 0 Å². The average Bonchev–Trinajstić information content (AvgIpc) is 2.66. The molecule has 0 bridgehead atoms. The van der Waals surface area contributed by atoms with Crippen LogP contribution in [0.1, 0.15) is 33.6 Å². The summed E-state index contributed by atoms with van der Waals surface area (Å²) in [5, 5.41) is 2.42. The van der Waals surface area contributed by atoms with Crippen LogP contribution < -0.4 is 5.32 Å². The van der Waals surface area contributed by atoms with Crippen molar-refractivity contribution in [2.24, 2.45) is 5.92 Å². The Kier molecular flexibility index (Phi) is 2.34. The minimum Gasteiger partial charge on any atom is -0.344 e. The summed E-state index contributed by atoms with van der Waals surface area (Å²) in [6.07, 6.45) is 0.768. The smallest absolute Gasteiger partial charge is 0.267 e. The van der Waals surface area contributed by atoms with Gasteiger partial charge in [0.2, 0.25) is 5.91 Å². The van der Waals surface area contributed by atoms with Crippen molar-refractivity contribution in [1.82, 2.24) is 5.32 Å². The molecule has 1 rings (SSSR count). The topological polar surface area (TPSA) is 29.1 Å². The van der Waals surface area contributed by atoms with Crippen LogP contribution in [-0.4, -0.2) is 17.4 Å². The van der Waals surface area contributed by atoms with Gasteiger partial charge in [-0.25, -0.2) is 8.78 Å². The molecule has 0 heterocycles. The third kappa shape index (κ3) is 1.98. The maximum absolute atomic E-state index is 13.0. The van der Waals surface area contributed by atoms with Gasteiger partial charge in [-0.1, -0.05) is 13.8 Å². The van der Waals surface area contributed by atoms with Gasteiger partial charge in [-0.2, -0.15) is 0 Å². The molecule has 76 valence electrons. The minimum atomic E-state index is -2.81. The van der Waals surface area contributed by atoms with Gasteiger partial charge in [0.05, 0.1) is 0 Å². The highest BCUT2D eigenvalue weighted by Gasteiger charge is 2.60. The van der Waals surface area contributed by atoms with Gasteiger partial charge in [-0.3, -0.25) is 4.79 Å². The van der Waals surface area contributed by atoms with E-state index in [9.17, 15) is 13.6 Å². The highest BCUT2D eigenvalue weighted by atomic mass is 19.3. The van der Waals surface area contributed by atoms with Crippen LogP contribution in [0.25, 0.3) is 0 Å². The maximum Gasteiger partial charge on any atom is 0.267 e. The zero-order valence-electron chi connectivity index (χ0n) is 8.16. The molecule has 0 aromatic rings. The number of alkyl halides is 2. The van der Waals surface area contributed by atoms with Crippen molar-refractivity contribution in [3.63, 3.8) is 0 Å². The molecule has 0 aromatic heterocycles. The first-order valence-corrected chi connectivity index (χ1v) is 4.48. The fourth-order valence-electron chi connectivity index (χ4n) is 1.18. The highest BCUT2D eigenvalue weighted by Crippen LogP contribution is 2.47. The van der Waals surface area contributed by atoms with E-state index >= 15 is 0 Å². The van der Waals surface area contributed by atoms with Crippen molar-refractivity contribution in [2.45, 2.75) is 45.1 Å². The maximum atomic E-state index is 13.0. The number of hydrogen-bond acceptors (Lipinski definition) is 1. The molecule has 1 N–H and O–H groups in total. The van der Waals surface area contributed by atoms with E-state index in [2.05, 4.69) is 5.32 Å². The molecule has 0 atom stereocenters. The molecule has 0 aromatic carbocycles. The summed E-state index contributed by atoms with van der Waals surface area (Å²) in [7, 11) is 0. The zero-order chi connectivity index (χ0) is 10.3.